The number of fused-ring (bicyclic) bond motifs is 1. The summed E-state index contributed by atoms with van der Waals surface area (Å²) in [6.45, 7) is 7.41. The Bertz CT molecular complexity index is 745. The van der Waals surface area contributed by atoms with E-state index in [1.165, 1.54) is 6.21 Å². The first-order valence-corrected chi connectivity index (χ1v) is 7.96. The molecule has 4 heteroatoms. The molecule has 0 radical (unpaired) electrons. The average Bonchev–Trinajstić information content (AvgIpc) is 2.51. The normalized spacial score (nSPS) is 11.6. The van der Waals surface area contributed by atoms with Crippen LogP contribution in [0.5, 0.6) is 5.75 Å². The zero-order valence-electron chi connectivity index (χ0n) is 13.6. The van der Waals surface area contributed by atoms with Crippen molar-refractivity contribution in [1.29, 1.82) is 0 Å². The van der Waals surface area contributed by atoms with Crippen LogP contribution < -0.4 is 5.56 Å². The predicted octanol–water partition coefficient (Wildman–Crippen LogP) is 3.64. The number of hydrogen-bond donors (Lipinski definition) is 1. The van der Waals surface area contributed by atoms with E-state index in [-0.39, 0.29) is 11.3 Å². The number of pyridine rings is 1. The minimum Gasteiger partial charge on any atom is -0.506 e. The van der Waals surface area contributed by atoms with Gasteiger partial charge in [-0.25, -0.2) is 0 Å². The number of aromatic hydroxyl groups is 1. The van der Waals surface area contributed by atoms with E-state index in [9.17, 15) is 9.90 Å². The van der Waals surface area contributed by atoms with Crippen LogP contribution in [0.1, 0.15) is 44.2 Å². The molecular weight excluding hydrogens is 276 g/mol. The van der Waals surface area contributed by atoms with E-state index in [2.05, 4.69) is 11.9 Å². The van der Waals surface area contributed by atoms with Crippen molar-refractivity contribution in [2.45, 2.75) is 46.6 Å². The maximum atomic E-state index is 12.8. The van der Waals surface area contributed by atoms with Gasteiger partial charge in [-0.1, -0.05) is 32.4 Å². The third-order valence-electron chi connectivity index (χ3n) is 3.80. The van der Waals surface area contributed by atoms with Gasteiger partial charge in [0.1, 0.15) is 11.3 Å². The summed E-state index contributed by atoms with van der Waals surface area (Å²) in [5, 5.41) is 11.2. The van der Waals surface area contributed by atoms with Crippen molar-refractivity contribution in [2.24, 2.45) is 4.99 Å². The lowest BCUT2D eigenvalue weighted by molar-refractivity contribution is 0.477. The van der Waals surface area contributed by atoms with Crippen LogP contribution in [0.15, 0.2) is 28.0 Å². The highest BCUT2D eigenvalue weighted by atomic mass is 16.3. The fourth-order valence-electron chi connectivity index (χ4n) is 2.63. The summed E-state index contributed by atoms with van der Waals surface area (Å²) < 4.78 is 1.78. The molecule has 22 heavy (non-hydrogen) atoms. The summed E-state index contributed by atoms with van der Waals surface area (Å²) >= 11 is 0. The first kappa shape index (κ1) is 16.3. The summed E-state index contributed by atoms with van der Waals surface area (Å²) in [6.07, 6.45) is 4.37. The highest BCUT2D eigenvalue weighted by Crippen LogP contribution is 2.27. The van der Waals surface area contributed by atoms with Gasteiger partial charge >= 0.3 is 0 Å². The van der Waals surface area contributed by atoms with Gasteiger partial charge in [-0.3, -0.25) is 9.79 Å². The third kappa shape index (κ3) is 3.06. The quantitative estimate of drug-likeness (QED) is 0.828. The van der Waals surface area contributed by atoms with E-state index in [0.717, 1.165) is 30.3 Å². The lowest BCUT2D eigenvalue weighted by Gasteiger charge is -2.15. The smallest absolute Gasteiger partial charge is 0.263 e. The number of aryl methyl sites for hydroxylation is 2. The lowest BCUT2D eigenvalue weighted by Crippen LogP contribution is -2.25. The molecule has 0 aliphatic rings. The standard InChI is InChI=1S/C18H24N2O2/c1-4-6-11-20-16-13(3)8-7-9-14(16)17(21)15(18(20)22)12-19-10-5-2/h7-9,12,21H,4-6,10-11H2,1-3H3. The van der Waals surface area contributed by atoms with Crippen molar-refractivity contribution in [2.75, 3.05) is 6.54 Å². The third-order valence-corrected chi connectivity index (χ3v) is 3.80. The fraction of sp³-hybridized carbons (Fsp3) is 0.444. The summed E-state index contributed by atoms with van der Waals surface area (Å²) in [6, 6.07) is 5.73. The van der Waals surface area contributed by atoms with Gasteiger partial charge in [-0.2, -0.15) is 0 Å². The minimum atomic E-state index is -0.160. The first-order valence-electron chi connectivity index (χ1n) is 7.96. The lowest BCUT2D eigenvalue weighted by atomic mass is 10.1. The second kappa shape index (κ2) is 7.25. The number of unbranched alkanes of at least 4 members (excludes halogenated alkanes) is 1. The summed E-state index contributed by atoms with van der Waals surface area (Å²) in [7, 11) is 0. The van der Waals surface area contributed by atoms with Crippen molar-refractivity contribution in [3.63, 3.8) is 0 Å². The molecule has 1 aromatic heterocycles. The van der Waals surface area contributed by atoms with Crippen LogP contribution in [0.25, 0.3) is 10.9 Å². The van der Waals surface area contributed by atoms with Crippen LogP contribution in [-0.2, 0) is 6.54 Å². The number of rotatable bonds is 6. The molecule has 0 fully saturated rings. The topological polar surface area (TPSA) is 54.6 Å². The summed E-state index contributed by atoms with van der Waals surface area (Å²) in [5.74, 6) is 0.0382. The summed E-state index contributed by atoms with van der Waals surface area (Å²) in [5.41, 5.74) is 1.96. The van der Waals surface area contributed by atoms with Crippen LogP contribution >= 0.6 is 0 Å². The molecule has 0 unspecified atom stereocenters. The molecule has 1 heterocycles. The molecule has 1 aromatic carbocycles. The Morgan fingerprint density at radius 1 is 1.27 bits per heavy atom. The molecular formula is C18H24N2O2. The van der Waals surface area contributed by atoms with Gasteiger partial charge in [0.2, 0.25) is 0 Å². The Kier molecular flexibility index (Phi) is 5.36. The van der Waals surface area contributed by atoms with Crippen LogP contribution in [0.4, 0.5) is 0 Å². The van der Waals surface area contributed by atoms with Crippen LogP contribution in [0.2, 0.25) is 0 Å². The Morgan fingerprint density at radius 2 is 2.05 bits per heavy atom. The monoisotopic (exact) mass is 300 g/mol. The maximum Gasteiger partial charge on any atom is 0.263 e. The van der Waals surface area contributed by atoms with Crippen LogP contribution in [-0.4, -0.2) is 22.4 Å². The number of hydrogen-bond acceptors (Lipinski definition) is 3. The second-order valence-electron chi connectivity index (χ2n) is 5.58. The Labute approximate surface area is 131 Å². The van der Waals surface area contributed by atoms with E-state index >= 15 is 0 Å². The number of nitrogens with zero attached hydrogens (tertiary/aromatic N) is 2. The van der Waals surface area contributed by atoms with Crippen molar-refractivity contribution in [1.82, 2.24) is 4.57 Å². The average molecular weight is 300 g/mol. The molecule has 0 spiro atoms. The molecule has 1 N–H and O–H groups in total. The highest BCUT2D eigenvalue weighted by Gasteiger charge is 2.15. The van der Waals surface area contributed by atoms with Gasteiger partial charge < -0.3 is 9.67 Å². The van der Waals surface area contributed by atoms with Gasteiger partial charge in [0, 0.05) is 24.7 Å². The van der Waals surface area contributed by atoms with Gasteiger partial charge in [-0.05, 0) is 31.4 Å². The number of aromatic nitrogens is 1. The van der Waals surface area contributed by atoms with Crippen molar-refractivity contribution < 1.29 is 5.11 Å². The van der Waals surface area contributed by atoms with Crippen molar-refractivity contribution in [3.05, 3.63) is 39.7 Å². The zero-order valence-corrected chi connectivity index (χ0v) is 13.6. The number of benzene rings is 1. The predicted molar refractivity (Wildman–Crippen MR) is 92.3 cm³/mol. The van der Waals surface area contributed by atoms with E-state index in [4.69, 9.17) is 0 Å². The Morgan fingerprint density at radius 3 is 2.73 bits per heavy atom. The van der Waals surface area contributed by atoms with Gasteiger partial charge in [0.25, 0.3) is 5.56 Å². The molecule has 0 saturated carbocycles. The Balaban J connectivity index is 2.74. The summed E-state index contributed by atoms with van der Waals surface area (Å²) in [4.78, 5) is 17.0. The number of aliphatic imine (C=N–C) groups is 1. The van der Waals surface area contributed by atoms with E-state index in [1.54, 1.807) is 4.57 Å². The molecule has 4 nitrogen and oxygen atoms in total. The molecule has 0 amide bonds. The van der Waals surface area contributed by atoms with Crippen molar-refractivity contribution in [3.8, 4) is 5.75 Å². The van der Waals surface area contributed by atoms with E-state index in [1.807, 2.05) is 32.0 Å². The first-order chi connectivity index (χ1) is 10.6. The molecule has 2 rings (SSSR count). The molecule has 0 saturated heterocycles. The van der Waals surface area contributed by atoms with Gasteiger partial charge in [-0.15, -0.1) is 0 Å². The largest absolute Gasteiger partial charge is 0.506 e. The minimum absolute atomic E-state index is 0.0382. The SMILES string of the molecule is CCCCn1c(=O)c(C=NCCC)c(O)c2cccc(C)c21. The zero-order chi connectivity index (χ0) is 16.1. The number of para-hydroxylation sites is 1. The molecule has 2 aromatic rings. The van der Waals surface area contributed by atoms with Gasteiger partial charge in [0.05, 0.1) is 5.52 Å². The van der Waals surface area contributed by atoms with E-state index < -0.39 is 0 Å². The van der Waals surface area contributed by atoms with Crippen LogP contribution in [0.3, 0.4) is 0 Å². The highest BCUT2D eigenvalue weighted by molar-refractivity contribution is 5.96. The van der Waals surface area contributed by atoms with E-state index in [0.29, 0.717) is 24.0 Å². The van der Waals surface area contributed by atoms with Crippen LogP contribution in [0, 0.1) is 6.92 Å². The van der Waals surface area contributed by atoms with Crippen molar-refractivity contribution >= 4 is 17.1 Å². The molecule has 0 aliphatic heterocycles. The maximum absolute atomic E-state index is 12.8. The molecule has 0 bridgehead atoms. The Hall–Kier alpha value is -2.10. The molecule has 118 valence electrons. The molecule has 0 aliphatic carbocycles. The molecule has 0 atom stereocenters. The van der Waals surface area contributed by atoms with Gasteiger partial charge in [0.15, 0.2) is 0 Å². The fourth-order valence-corrected chi connectivity index (χ4v) is 2.63. The second-order valence-corrected chi connectivity index (χ2v) is 5.58.